The smallest absolute Gasteiger partial charge is 0.313 e. The van der Waals surface area contributed by atoms with E-state index < -0.39 is 5.97 Å². The molecule has 0 bridgehead atoms. The predicted molar refractivity (Wildman–Crippen MR) is 27.3 cm³/mol. The number of Topliss-reactive ketones (excluding diaryl/α,β-unsaturated/α-hetero) is 1. The Labute approximate surface area is 47.6 Å². The van der Waals surface area contributed by atoms with Gasteiger partial charge in [-0.05, 0) is 6.92 Å². The second-order valence-electron chi connectivity index (χ2n) is 1.45. The van der Waals surface area contributed by atoms with Crippen molar-refractivity contribution in [2.24, 2.45) is 0 Å². The van der Waals surface area contributed by atoms with Gasteiger partial charge >= 0.3 is 5.97 Å². The van der Waals surface area contributed by atoms with Crippen LogP contribution in [0.3, 0.4) is 0 Å². The number of rotatable bonds is 2. The molecule has 0 spiro atoms. The molecule has 0 amide bonds. The topological polar surface area (TPSA) is 43.4 Å². The van der Waals surface area contributed by atoms with Crippen molar-refractivity contribution in [2.45, 2.75) is 13.3 Å². The standard InChI is InChI=1S/C5H8O3/c1-4(6)3-5(7)8-2/h3H2,1-2H3/i4+1. The van der Waals surface area contributed by atoms with Crippen LogP contribution >= 0.6 is 0 Å². The fourth-order valence-electron chi connectivity index (χ4n) is 0.275. The summed E-state index contributed by atoms with van der Waals surface area (Å²) in [4.78, 5) is 20.3. The summed E-state index contributed by atoms with van der Waals surface area (Å²) in [5.74, 6) is -0.644. The molecule has 0 aliphatic rings. The van der Waals surface area contributed by atoms with E-state index in [1.54, 1.807) is 0 Å². The molecule has 0 N–H and O–H groups in total. The average molecular weight is 117 g/mol. The Morgan fingerprint density at radius 2 is 2.00 bits per heavy atom. The van der Waals surface area contributed by atoms with Crippen molar-refractivity contribution in [3.05, 3.63) is 0 Å². The van der Waals surface area contributed by atoms with Crippen molar-refractivity contribution in [1.29, 1.82) is 0 Å². The minimum atomic E-state index is -0.475. The molecule has 0 fully saturated rings. The molecule has 0 aromatic heterocycles. The van der Waals surface area contributed by atoms with Crippen molar-refractivity contribution in [2.75, 3.05) is 7.11 Å². The highest BCUT2D eigenvalue weighted by Crippen LogP contribution is 1.83. The first-order chi connectivity index (χ1) is 3.66. The maximum absolute atomic E-state index is 10.2. The number of ether oxygens (including phenoxy) is 1. The summed E-state index contributed by atoms with van der Waals surface area (Å²) in [6, 6.07) is 0. The molecule has 0 unspecified atom stereocenters. The second kappa shape index (κ2) is 3.18. The van der Waals surface area contributed by atoms with E-state index in [1.165, 1.54) is 14.0 Å². The number of ketones is 1. The van der Waals surface area contributed by atoms with Crippen LogP contribution in [0, 0.1) is 0 Å². The Hall–Kier alpha value is -0.860. The third-order valence-corrected chi connectivity index (χ3v) is 0.621. The third-order valence-electron chi connectivity index (χ3n) is 0.621. The molecule has 0 radical (unpaired) electrons. The maximum Gasteiger partial charge on any atom is 0.313 e. The second-order valence-corrected chi connectivity index (χ2v) is 1.45. The summed E-state index contributed by atoms with van der Waals surface area (Å²) < 4.78 is 4.20. The molecule has 0 aromatic rings. The molecule has 0 atom stereocenters. The van der Waals surface area contributed by atoms with Crippen LogP contribution in [0.1, 0.15) is 13.3 Å². The van der Waals surface area contributed by atoms with E-state index in [-0.39, 0.29) is 12.2 Å². The van der Waals surface area contributed by atoms with Gasteiger partial charge in [0.25, 0.3) is 0 Å². The van der Waals surface area contributed by atoms with Gasteiger partial charge in [-0.2, -0.15) is 0 Å². The van der Waals surface area contributed by atoms with Crippen molar-refractivity contribution in [3.8, 4) is 0 Å². The number of hydrogen-bond donors (Lipinski definition) is 0. The summed E-state index contributed by atoms with van der Waals surface area (Å²) in [7, 11) is 1.26. The molecule has 0 saturated carbocycles. The van der Waals surface area contributed by atoms with Crippen LogP contribution in [-0.2, 0) is 14.3 Å². The zero-order valence-corrected chi connectivity index (χ0v) is 4.93. The zero-order chi connectivity index (χ0) is 6.57. The largest absolute Gasteiger partial charge is 0.469 e. The van der Waals surface area contributed by atoms with Gasteiger partial charge in [-0.15, -0.1) is 0 Å². The van der Waals surface area contributed by atoms with Gasteiger partial charge in [0.2, 0.25) is 0 Å². The lowest BCUT2D eigenvalue weighted by molar-refractivity contribution is -0.142. The van der Waals surface area contributed by atoms with E-state index in [0.717, 1.165) is 0 Å². The quantitative estimate of drug-likeness (QED) is 0.293. The van der Waals surface area contributed by atoms with Crippen LogP contribution in [0.4, 0.5) is 0 Å². The summed E-state index contributed by atoms with van der Waals surface area (Å²) in [5, 5.41) is 0. The van der Waals surface area contributed by atoms with Crippen LogP contribution < -0.4 is 0 Å². The van der Waals surface area contributed by atoms with Gasteiger partial charge in [0.1, 0.15) is 12.2 Å². The Bertz CT molecular complexity index is 106. The first-order valence-corrected chi connectivity index (χ1v) is 2.23. The maximum atomic E-state index is 10.2. The highest BCUT2D eigenvalue weighted by atomic mass is 16.5. The molecule has 0 saturated heterocycles. The van der Waals surface area contributed by atoms with E-state index in [0.29, 0.717) is 0 Å². The van der Waals surface area contributed by atoms with E-state index in [9.17, 15) is 9.59 Å². The van der Waals surface area contributed by atoms with E-state index >= 15 is 0 Å². The van der Waals surface area contributed by atoms with E-state index in [4.69, 9.17) is 0 Å². The lowest BCUT2D eigenvalue weighted by Gasteiger charge is -1.90. The molecule has 0 aliphatic carbocycles. The molecular weight excluding hydrogens is 109 g/mol. The molecule has 8 heavy (non-hydrogen) atoms. The first kappa shape index (κ1) is 7.14. The average Bonchev–Trinajstić information content (AvgIpc) is 1.65. The number of carbonyl (C=O) groups excluding carboxylic acids is 2. The Kier molecular flexibility index (Phi) is 2.84. The highest BCUT2D eigenvalue weighted by Gasteiger charge is 2.01. The van der Waals surface area contributed by atoms with Crippen LogP contribution in [0.2, 0.25) is 0 Å². The summed E-state index contributed by atoms with van der Waals surface area (Å²) in [6.07, 6.45) is -0.115. The van der Waals surface area contributed by atoms with Gasteiger partial charge in [0.15, 0.2) is 0 Å². The van der Waals surface area contributed by atoms with Crippen molar-refractivity contribution in [1.82, 2.24) is 0 Å². The molecule has 3 nitrogen and oxygen atoms in total. The molecule has 46 valence electrons. The Balaban J connectivity index is 3.40. The molecular formula is C5H8O3. The van der Waals surface area contributed by atoms with Gasteiger partial charge in [0, 0.05) is 0 Å². The van der Waals surface area contributed by atoms with Gasteiger partial charge < -0.3 is 4.74 Å². The summed E-state index contributed by atoms with van der Waals surface area (Å²) in [6.45, 7) is 1.34. The van der Waals surface area contributed by atoms with Crippen LogP contribution in [0.5, 0.6) is 0 Å². The fourth-order valence-corrected chi connectivity index (χ4v) is 0.275. The highest BCUT2D eigenvalue weighted by molar-refractivity contribution is 5.93. The SMILES string of the molecule is COC(=O)C[13C](C)=O. The normalized spacial score (nSPS) is 8.25. The lowest BCUT2D eigenvalue weighted by atomic mass is 10.6. The Morgan fingerprint density at radius 1 is 1.50 bits per heavy atom. The van der Waals surface area contributed by atoms with Gasteiger partial charge in [-0.25, -0.2) is 0 Å². The number of hydrogen-bond acceptors (Lipinski definition) is 3. The zero-order valence-electron chi connectivity index (χ0n) is 4.93. The monoisotopic (exact) mass is 117 g/mol. The summed E-state index contributed by atoms with van der Waals surface area (Å²) in [5.41, 5.74) is 0. The molecule has 0 rings (SSSR count). The van der Waals surface area contributed by atoms with E-state index in [1.807, 2.05) is 0 Å². The van der Waals surface area contributed by atoms with Gasteiger partial charge in [-0.1, -0.05) is 0 Å². The van der Waals surface area contributed by atoms with Gasteiger partial charge in [-0.3, -0.25) is 9.59 Å². The Morgan fingerprint density at radius 3 is 2.12 bits per heavy atom. The molecule has 0 aliphatic heterocycles. The molecule has 0 heterocycles. The van der Waals surface area contributed by atoms with Crippen molar-refractivity contribution >= 4 is 11.8 Å². The lowest BCUT2D eigenvalue weighted by Crippen LogP contribution is -2.05. The van der Waals surface area contributed by atoms with Crippen molar-refractivity contribution in [3.63, 3.8) is 0 Å². The molecule has 0 aromatic carbocycles. The van der Waals surface area contributed by atoms with Crippen LogP contribution in [0.15, 0.2) is 0 Å². The first-order valence-electron chi connectivity index (χ1n) is 2.23. The minimum absolute atomic E-state index is 0.115. The minimum Gasteiger partial charge on any atom is -0.469 e. The third kappa shape index (κ3) is 3.33. The summed E-state index contributed by atoms with van der Waals surface area (Å²) >= 11 is 0. The van der Waals surface area contributed by atoms with E-state index in [2.05, 4.69) is 4.74 Å². The number of methoxy groups -OCH3 is 1. The van der Waals surface area contributed by atoms with Crippen LogP contribution in [-0.4, -0.2) is 18.9 Å². The number of esters is 1. The van der Waals surface area contributed by atoms with Crippen molar-refractivity contribution < 1.29 is 14.3 Å². The fraction of sp³-hybridized carbons (Fsp3) is 0.600. The van der Waals surface area contributed by atoms with Gasteiger partial charge in [0.05, 0.1) is 7.11 Å². The molecule has 3 heteroatoms. The van der Waals surface area contributed by atoms with Crippen LogP contribution in [0.25, 0.3) is 0 Å². The predicted octanol–water partition coefficient (Wildman–Crippen LogP) is 0.138. The number of carbonyl (C=O) groups is 2.